The Kier molecular flexibility index (Phi) is 9.36. The molecule has 0 aromatic carbocycles. The van der Waals surface area contributed by atoms with Gasteiger partial charge in [-0.1, -0.05) is 13.8 Å². The van der Waals surface area contributed by atoms with Crippen LogP contribution in [-0.2, 0) is 23.7 Å². The molecule has 12 heteroatoms. The van der Waals surface area contributed by atoms with E-state index in [1.54, 1.807) is 7.11 Å². The highest BCUT2D eigenvalue weighted by molar-refractivity contribution is 4.94. The molecule has 0 aromatic heterocycles. The minimum absolute atomic E-state index is 0.131. The molecule has 0 bridgehead atoms. The van der Waals surface area contributed by atoms with E-state index in [1.165, 1.54) is 0 Å². The maximum absolute atomic E-state index is 10.5. The average molecular weight is 442 g/mol. The van der Waals surface area contributed by atoms with Gasteiger partial charge in [-0.05, 0) is 0 Å². The van der Waals surface area contributed by atoms with Gasteiger partial charge in [-0.3, -0.25) is 0 Å². The molecule has 12 nitrogen and oxygen atoms in total. The third kappa shape index (κ3) is 5.85. The summed E-state index contributed by atoms with van der Waals surface area (Å²) < 4.78 is 26.9. The van der Waals surface area contributed by atoms with E-state index in [1.807, 2.05) is 13.8 Å². The second-order valence-electron chi connectivity index (χ2n) is 8.41. The Morgan fingerprint density at radius 3 is 1.87 bits per heavy atom. The topological polar surface area (TPSA) is 188 Å². The summed E-state index contributed by atoms with van der Waals surface area (Å²) >= 11 is 0. The first-order valence-electron chi connectivity index (χ1n) is 9.75. The van der Waals surface area contributed by atoms with Crippen LogP contribution in [0.5, 0.6) is 0 Å². The van der Waals surface area contributed by atoms with Gasteiger partial charge >= 0.3 is 0 Å². The molecular formula is C18H34O12. The largest absolute Gasteiger partial charge is 0.394 e. The summed E-state index contributed by atoms with van der Waals surface area (Å²) in [5.74, 6) is 0. The van der Waals surface area contributed by atoms with Gasteiger partial charge in [0.1, 0.15) is 48.8 Å². The van der Waals surface area contributed by atoms with Crippen LogP contribution in [0.25, 0.3) is 0 Å². The molecule has 2 aliphatic heterocycles. The second-order valence-corrected chi connectivity index (χ2v) is 8.41. The van der Waals surface area contributed by atoms with Crippen LogP contribution in [0.4, 0.5) is 0 Å². The summed E-state index contributed by atoms with van der Waals surface area (Å²) in [5, 5.41) is 69.7. The Hall–Kier alpha value is -0.480. The van der Waals surface area contributed by atoms with E-state index in [0.717, 1.165) is 0 Å². The Labute approximate surface area is 174 Å². The quantitative estimate of drug-likeness (QED) is 0.185. The van der Waals surface area contributed by atoms with Crippen molar-refractivity contribution in [1.82, 2.24) is 0 Å². The third-order valence-corrected chi connectivity index (χ3v) is 5.13. The van der Waals surface area contributed by atoms with Gasteiger partial charge < -0.3 is 59.4 Å². The van der Waals surface area contributed by atoms with Crippen LogP contribution in [0.2, 0.25) is 0 Å². The van der Waals surface area contributed by atoms with E-state index in [9.17, 15) is 35.7 Å². The van der Waals surface area contributed by atoms with Gasteiger partial charge in [0.05, 0.1) is 26.4 Å². The molecule has 0 aromatic rings. The highest BCUT2D eigenvalue weighted by atomic mass is 16.7. The highest BCUT2D eigenvalue weighted by Crippen LogP contribution is 2.30. The van der Waals surface area contributed by atoms with Crippen LogP contribution in [-0.4, -0.2) is 131 Å². The zero-order valence-corrected chi connectivity index (χ0v) is 17.3. The minimum atomic E-state index is -1.71. The Bertz CT molecular complexity index is 515. The number of aliphatic hydroxyl groups is 7. The zero-order valence-electron chi connectivity index (χ0n) is 17.3. The van der Waals surface area contributed by atoms with Gasteiger partial charge in [0.25, 0.3) is 0 Å². The molecule has 30 heavy (non-hydrogen) atoms. The Morgan fingerprint density at radius 2 is 1.30 bits per heavy atom. The van der Waals surface area contributed by atoms with Crippen LogP contribution in [0.15, 0.2) is 0 Å². The van der Waals surface area contributed by atoms with Crippen molar-refractivity contribution in [2.45, 2.75) is 75.3 Å². The van der Waals surface area contributed by atoms with Gasteiger partial charge in [0, 0.05) is 12.5 Å². The van der Waals surface area contributed by atoms with E-state index in [4.69, 9.17) is 23.7 Å². The monoisotopic (exact) mass is 442 g/mol. The van der Waals surface area contributed by atoms with Gasteiger partial charge in [-0.25, -0.2) is 0 Å². The maximum atomic E-state index is 10.5. The molecule has 1 unspecified atom stereocenters. The fourth-order valence-electron chi connectivity index (χ4n) is 3.43. The van der Waals surface area contributed by atoms with E-state index in [0.29, 0.717) is 6.61 Å². The first kappa shape index (κ1) is 25.8. The van der Waals surface area contributed by atoms with Gasteiger partial charge in [0.15, 0.2) is 12.6 Å². The molecule has 2 fully saturated rings. The lowest BCUT2D eigenvalue weighted by Gasteiger charge is -2.46. The SMILES string of the molecule is COCC(C)(C)COC1O[C@@H](CO)[C@H](O[C@H]2O[C@@H](CO)[C@@H](O)[C@@H](O)[C@@H]2O)[C@@H](O)[C@@H]1O. The number of hydrogen-bond donors (Lipinski definition) is 7. The van der Waals surface area contributed by atoms with Crippen LogP contribution < -0.4 is 0 Å². The molecule has 0 radical (unpaired) electrons. The maximum Gasteiger partial charge on any atom is 0.187 e. The normalized spacial score (nSPS) is 43.0. The summed E-state index contributed by atoms with van der Waals surface area (Å²) in [7, 11) is 1.54. The molecule has 178 valence electrons. The molecule has 0 aliphatic carbocycles. The van der Waals surface area contributed by atoms with Crippen molar-refractivity contribution in [3.63, 3.8) is 0 Å². The van der Waals surface area contributed by atoms with Crippen molar-refractivity contribution >= 4 is 0 Å². The molecule has 0 saturated carbocycles. The summed E-state index contributed by atoms with van der Waals surface area (Å²) in [5.41, 5.74) is -0.402. The summed E-state index contributed by atoms with van der Waals surface area (Å²) in [6, 6.07) is 0. The van der Waals surface area contributed by atoms with E-state index in [-0.39, 0.29) is 6.61 Å². The number of hydrogen-bond acceptors (Lipinski definition) is 12. The van der Waals surface area contributed by atoms with Crippen LogP contribution in [0, 0.1) is 5.41 Å². The molecule has 2 aliphatic rings. The van der Waals surface area contributed by atoms with Crippen molar-refractivity contribution in [3.05, 3.63) is 0 Å². The highest BCUT2D eigenvalue weighted by Gasteiger charge is 2.50. The van der Waals surface area contributed by atoms with Crippen molar-refractivity contribution in [2.24, 2.45) is 5.41 Å². The Morgan fingerprint density at radius 1 is 0.733 bits per heavy atom. The average Bonchev–Trinajstić information content (AvgIpc) is 2.70. The van der Waals surface area contributed by atoms with Crippen LogP contribution in [0.3, 0.4) is 0 Å². The molecule has 2 rings (SSSR count). The van der Waals surface area contributed by atoms with Crippen LogP contribution >= 0.6 is 0 Å². The molecular weight excluding hydrogens is 408 g/mol. The summed E-state index contributed by atoms with van der Waals surface area (Å²) in [6.45, 7) is 2.98. The van der Waals surface area contributed by atoms with Gasteiger partial charge in [-0.15, -0.1) is 0 Å². The molecule has 2 saturated heterocycles. The fourth-order valence-corrected chi connectivity index (χ4v) is 3.43. The predicted molar refractivity (Wildman–Crippen MR) is 98.0 cm³/mol. The first-order chi connectivity index (χ1) is 14.1. The lowest BCUT2D eigenvalue weighted by Crippen LogP contribution is -2.64. The number of aliphatic hydroxyl groups excluding tert-OH is 7. The third-order valence-electron chi connectivity index (χ3n) is 5.13. The van der Waals surface area contributed by atoms with Gasteiger partial charge in [-0.2, -0.15) is 0 Å². The van der Waals surface area contributed by atoms with Gasteiger partial charge in [0.2, 0.25) is 0 Å². The molecule has 0 spiro atoms. The van der Waals surface area contributed by atoms with Crippen molar-refractivity contribution in [1.29, 1.82) is 0 Å². The molecule has 7 N–H and O–H groups in total. The summed E-state index contributed by atoms with van der Waals surface area (Å²) in [6.07, 6.45) is -14.7. The minimum Gasteiger partial charge on any atom is -0.394 e. The lowest BCUT2D eigenvalue weighted by atomic mass is 9.95. The number of methoxy groups -OCH3 is 1. The smallest absolute Gasteiger partial charge is 0.187 e. The lowest BCUT2D eigenvalue weighted by molar-refractivity contribution is -0.360. The number of rotatable bonds is 9. The van der Waals surface area contributed by atoms with Crippen LogP contribution in [0.1, 0.15) is 13.8 Å². The molecule has 2 heterocycles. The van der Waals surface area contributed by atoms with E-state index >= 15 is 0 Å². The summed E-state index contributed by atoms with van der Waals surface area (Å²) in [4.78, 5) is 0. The standard InChI is InChI=1S/C18H34O12/c1-18(2,6-26-3)7-27-16-14(25)12(23)15(9(5-20)29-16)30-17-13(24)11(22)10(21)8(4-19)28-17/h8-17,19-25H,4-7H2,1-3H3/t8-,9-,10+,11+,12-,13-,14-,15-,16?,17+/m0/s1. The number of ether oxygens (including phenoxy) is 5. The zero-order chi connectivity index (χ0) is 22.6. The van der Waals surface area contributed by atoms with Crippen molar-refractivity contribution in [2.75, 3.05) is 33.5 Å². The van der Waals surface area contributed by atoms with E-state index in [2.05, 4.69) is 0 Å². The first-order valence-corrected chi connectivity index (χ1v) is 9.75. The molecule has 0 amide bonds. The van der Waals surface area contributed by atoms with E-state index < -0.39 is 80.0 Å². The Balaban J connectivity index is 2.06. The molecule has 10 atom stereocenters. The fraction of sp³-hybridized carbons (Fsp3) is 1.00. The van der Waals surface area contributed by atoms with Crippen molar-refractivity contribution < 1.29 is 59.4 Å². The second kappa shape index (κ2) is 10.9. The predicted octanol–water partition coefficient (Wildman–Crippen LogP) is -3.70. The van der Waals surface area contributed by atoms with Crippen molar-refractivity contribution in [3.8, 4) is 0 Å².